The van der Waals surface area contributed by atoms with Gasteiger partial charge in [-0.05, 0) is 43.5 Å². The highest BCUT2D eigenvalue weighted by Crippen LogP contribution is 2.37. The predicted molar refractivity (Wildman–Crippen MR) is 87.3 cm³/mol. The number of hydrogen-bond acceptors (Lipinski definition) is 3. The zero-order valence-corrected chi connectivity index (χ0v) is 13.5. The molecule has 2 aliphatic rings. The molecular formula is C17H26N2S. The molecule has 2 heterocycles. The van der Waals surface area contributed by atoms with Crippen LogP contribution in [-0.2, 0) is 0 Å². The summed E-state index contributed by atoms with van der Waals surface area (Å²) in [5, 5.41) is 3.83. The zero-order chi connectivity index (χ0) is 13.9. The molecule has 3 heteroatoms. The van der Waals surface area contributed by atoms with E-state index in [1.165, 1.54) is 42.1 Å². The number of likely N-dealkylation sites (tertiary alicyclic amines) is 1. The minimum absolute atomic E-state index is 0.542. The maximum atomic E-state index is 3.83. The van der Waals surface area contributed by atoms with E-state index in [9.17, 15) is 0 Å². The van der Waals surface area contributed by atoms with Gasteiger partial charge in [-0.2, -0.15) is 0 Å². The van der Waals surface area contributed by atoms with Crippen molar-refractivity contribution in [3.8, 4) is 0 Å². The van der Waals surface area contributed by atoms with Crippen molar-refractivity contribution in [2.45, 2.75) is 43.7 Å². The summed E-state index contributed by atoms with van der Waals surface area (Å²) in [5.74, 6) is 1.91. The molecule has 0 radical (unpaired) electrons. The number of rotatable bonds is 5. The van der Waals surface area contributed by atoms with Gasteiger partial charge in [-0.1, -0.05) is 32.0 Å². The lowest BCUT2D eigenvalue weighted by Crippen LogP contribution is -2.45. The monoisotopic (exact) mass is 290 g/mol. The second kappa shape index (κ2) is 6.50. The van der Waals surface area contributed by atoms with Crippen molar-refractivity contribution in [2.24, 2.45) is 5.92 Å². The molecule has 2 aliphatic heterocycles. The number of benzene rings is 1. The molecule has 0 amide bonds. The summed E-state index contributed by atoms with van der Waals surface area (Å²) < 4.78 is 0. The second-order valence-electron chi connectivity index (χ2n) is 6.36. The summed E-state index contributed by atoms with van der Waals surface area (Å²) in [5.41, 5.74) is 1.50. The fraction of sp³-hybridized carbons (Fsp3) is 0.647. The molecule has 0 saturated carbocycles. The third-order valence-corrected chi connectivity index (χ3v) is 5.84. The minimum Gasteiger partial charge on any atom is -0.308 e. The first-order chi connectivity index (χ1) is 9.75. The van der Waals surface area contributed by atoms with Gasteiger partial charge in [0, 0.05) is 29.3 Å². The number of nitrogens with one attached hydrogen (secondary N) is 1. The van der Waals surface area contributed by atoms with E-state index in [1.807, 2.05) is 11.8 Å². The predicted octanol–water partition coefficient (Wildman–Crippen LogP) is 3.54. The largest absolute Gasteiger partial charge is 0.308 e. The molecule has 0 aromatic heterocycles. The molecule has 1 saturated heterocycles. The third kappa shape index (κ3) is 3.05. The molecule has 1 aromatic rings. The van der Waals surface area contributed by atoms with E-state index in [2.05, 4.69) is 48.3 Å². The van der Waals surface area contributed by atoms with Crippen LogP contribution in [0.4, 0.5) is 0 Å². The van der Waals surface area contributed by atoms with E-state index < -0.39 is 0 Å². The maximum Gasteiger partial charge on any atom is 0.0427 e. The van der Waals surface area contributed by atoms with E-state index in [0.717, 1.165) is 12.5 Å². The van der Waals surface area contributed by atoms with Gasteiger partial charge < -0.3 is 5.32 Å². The Kier molecular flexibility index (Phi) is 4.69. The third-order valence-electron chi connectivity index (χ3n) is 4.65. The first-order valence-corrected chi connectivity index (χ1v) is 8.93. The van der Waals surface area contributed by atoms with Gasteiger partial charge >= 0.3 is 0 Å². The molecule has 0 spiro atoms. The van der Waals surface area contributed by atoms with Crippen LogP contribution in [-0.4, -0.2) is 36.3 Å². The van der Waals surface area contributed by atoms with Gasteiger partial charge in [0.1, 0.15) is 0 Å². The van der Waals surface area contributed by atoms with Crippen LogP contribution in [0.5, 0.6) is 0 Å². The van der Waals surface area contributed by atoms with Crippen LogP contribution >= 0.6 is 11.8 Å². The molecular weight excluding hydrogens is 264 g/mol. The first kappa shape index (κ1) is 14.4. The first-order valence-electron chi connectivity index (χ1n) is 7.95. The summed E-state index contributed by atoms with van der Waals surface area (Å²) >= 11 is 1.99. The summed E-state index contributed by atoms with van der Waals surface area (Å²) in [7, 11) is 0. The van der Waals surface area contributed by atoms with Crippen LogP contribution in [0.3, 0.4) is 0 Å². The van der Waals surface area contributed by atoms with Crippen molar-refractivity contribution >= 4 is 11.8 Å². The quantitative estimate of drug-likeness (QED) is 0.893. The lowest BCUT2D eigenvalue weighted by molar-refractivity contribution is 0.183. The Balaban J connectivity index is 1.61. The fourth-order valence-corrected chi connectivity index (χ4v) is 4.65. The molecule has 2 atom stereocenters. The molecule has 0 aliphatic carbocycles. The van der Waals surface area contributed by atoms with Crippen molar-refractivity contribution < 1.29 is 0 Å². The van der Waals surface area contributed by atoms with Gasteiger partial charge in [0.2, 0.25) is 0 Å². The van der Waals surface area contributed by atoms with Gasteiger partial charge in [-0.3, -0.25) is 4.90 Å². The SMILES string of the molecule is CC(C)C(CNC1CSc2ccccc21)N1CCCC1. The molecule has 3 rings (SSSR count). The zero-order valence-electron chi connectivity index (χ0n) is 12.6. The summed E-state index contributed by atoms with van der Waals surface area (Å²) in [6.07, 6.45) is 2.76. The summed E-state index contributed by atoms with van der Waals surface area (Å²) in [4.78, 5) is 4.15. The summed E-state index contributed by atoms with van der Waals surface area (Å²) in [6.45, 7) is 8.43. The van der Waals surface area contributed by atoms with Crippen LogP contribution in [0, 0.1) is 5.92 Å². The normalized spacial score (nSPS) is 24.2. The van der Waals surface area contributed by atoms with Crippen molar-refractivity contribution in [3.05, 3.63) is 29.8 Å². The Morgan fingerprint density at radius 1 is 1.25 bits per heavy atom. The second-order valence-corrected chi connectivity index (χ2v) is 7.43. The molecule has 110 valence electrons. The number of fused-ring (bicyclic) bond motifs is 1. The van der Waals surface area contributed by atoms with Gasteiger partial charge in [0.15, 0.2) is 0 Å². The van der Waals surface area contributed by atoms with E-state index in [0.29, 0.717) is 12.1 Å². The lowest BCUT2D eigenvalue weighted by atomic mass is 10.0. The molecule has 20 heavy (non-hydrogen) atoms. The smallest absolute Gasteiger partial charge is 0.0427 e. The fourth-order valence-electron chi connectivity index (χ4n) is 3.45. The van der Waals surface area contributed by atoms with E-state index in [-0.39, 0.29) is 0 Å². The van der Waals surface area contributed by atoms with Gasteiger partial charge in [0.25, 0.3) is 0 Å². The van der Waals surface area contributed by atoms with Crippen LogP contribution < -0.4 is 5.32 Å². The lowest BCUT2D eigenvalue weighted by Gasteiger charge is -2.32. The Hall–Kier alpha value is -0.510. The molecule has 1 N–H and O–H groups in total. The van der Waals surface area contributed by atoms with Crippen molar-refractivity contribution in [1.29, 1.82) is 0 Å². The van der Waals surface area contributed by atoms with E-state index in [1.54, 1.807) is 0 Å². The van der Waals surface area contributed by atoms with Crippen molar-refractivity contribution in [3.63, 3.8) is 0 Å². The Morgan fingerprint density at radius 2 is 2.00 bits per heavy atom. The number of thioether (sulfide) groups is 1. The maximum absolute atomic E-state index is 3.83. The van der Waals surface area contributed by atoms with Gasteiger partial charge in [-0.25, -0.2) is 0 Å². The molecule has 1 fully saturated rings. The van der Waals surface area contributed by atoms with Gasteiger partial charge in [-0.15, -0.1) is 11.8 Å². The number of hydrogen-bond donors (Lipinski definition) is 1. The van der Waals surface area contributed by atoms with Crippen LogP contribution in [0.1, 0.15) is 38.3 Å². The van der Waals surface area contributed by atoms with Crippen LogP contribution in [0.2, 0.25) is 0 Å². The van der Waals surface area contributed by atoms with Crippen molar-refractivity contribution in [1.82, 2.24) is 10.2 Å². The Bertz CT molecular complexity index is 440. The van der Waals surface area contributed by atoms with Gasteiger partial charge in [0.05, 0.1) is 0 Å². The Morgan fingerprint density at radius 3 is 2.75 bits per heavy atom. The highest BCUT2D eigenvalue weighted by molar-refractivity contribution is 7.99. The molecule has 1 aromatic carbocycles. The molecule has 2 unspecified atom stereocenters. The van der Waals surface area contributed by atoms with E-state index in [4.69, 9.17) is 0 Å². The summed E-state index contributed by atoms with van der Waals surface area (Å²) in [6, 6.07) is 10.1. The molecule has 2 nitrogen and oxygen atoms in total. The Labute approximate surface area is 127 Å². The minimum atomic E-state index is 0.542. The molecule has 0 bridgehead atoms. The van der Waals surface area contributed by atoms with Crippen molar-refractivity contribution in [2.75, 3.05) is 25.4 Å². The number of nitrogens with zero attached hydrogens (tertiary/aromatic N) is 1. The topological polar surface area (TPSA) is 15.3 Å². The average molecular weight is 290 g/mol. The highest BCUT2D eigenvalue weighted by Gasteiger charge is 2.27. The standard InChI is InChI=1S/C17H26N2S/c1-13(2)16(19-9-5-6-10-19)11-18-15-12-20-17-8-4-3-7-14(15)17/h3-4,7-8,13,15-16,18H,5-6,9-12H2,1-2H3. The highest BCUT2D eigenvalue weighted by atomic mass is 32.2. The van der Waals surface area contributed by atoms with Crippen LogP contribution in [0.25, 0.3) is 0 Å². The van der Waals surface area contributed by atoms with E-state index >= 15 is 0 Å². The average Bonchev–Trinajstić information content (AvgIpc) is 3.09. The van der Waals surface area contributed by atoms with Crippen LogP contribution in [0.15, 0.2) is 29.2 Å².